The summed E-state index contributed by atoms with van der Waals surface area (Å²) in [7, 11) is 0. The minimum absolute atomic E-state index is 0.0959. The maximum absolute atomic E-state index is 12.9. The van der Waals surface area contributed by atoms with Gasteiger partial charge in [0.05, 0.1) is 13.0 Å². The first-order chi connectivity index (χ1) is 12.5. The summed E-state index contributed by atoms with van der Waals surface area (Å²) < 4.78 is 11.2. The number of nitrogens with zero attached hydrogens (tertiary/aromatic N) is 2. The Hall–Kier alpha value is -1.14. The van der Waals surface area contributed by atoms with Gasteiger partial charge in [0.25, 0.3) is 0 Å². The number of carbonyl (C=O) groups excluding carboxylic acids is 2. The Morgan fingerprint density at radius 1 is 0.885 bits per heavy atom. The van der Waals surface area contributed by atoms with Crippen molar-refractivity contribution < 1.29 is 19.1 Å². The minimum Gasteiger partial charge on any atom is -0.463 e. The third-order valence-electron chi connectivity index (χ3n) is 7.48. The molecule has 6 fully saturated rings. The predicted octanol–water partition coefficient (Wildman–Crippen LogP) is 1.82. The molecule has 6 aliphatic heterocycles. The first-order valence-corrected chi connectivity index (χ1v) is 10.4. The highest BCUT2D eigenvalue weighted by Gasteiger charge is 2.51. The van der Waals surface area contributed by atoms with Gasteiger partial charge in [-0.05, 0) is 90.1 Å². The molecule has 6 aliphatic rings. The maximum atomic E-state index is 12.9. The zero-order valence-corrected chi connectivity index (χ0v) is 16.0. The third-order valence-corrected chi connectivity index (χ3v) is 7.48. The number of hydrogen-bond acceptors (Lipinski definition) is 6. The number of piperidine rings is 6. The van der Waals surface area contributed by atoms with Crippen molar-refractivity contribution in [1.82, 2.24) is 9.80 Å². The molecule has 6 heterocycles. The van der Waals surface area contributed by atoms with E-state index < -0.39 is 6.10 Å². The van der Waals surface area contributed by atoms with E-state index in [1.807, 2.05) is 6.92 Å². The monoisotopic (exact) mass is 364 g/mol. The molecule has 0 radical (unpaired) electrons. The minimum atomic E-state index is -0.725. The molecule has 0 aromatic rings. The molecule has 26 heavy (non-hydrogen) atoms. The van der Waals surface area contributed by atoms with Crippen LogP contribution in [-0.4, -0.2) is 73.7 Å². The number of rotatable bonds is 6. The lowest BCUT2D eigenvalue weighted by Crippen LogP contribution is -2.57. The van der Waals surface area contributed by atoms with Gasteiger partial charge in [0.1, 0.15) is 0 Å². The highest BCUT2D eigenvalue weighted by atomic mass is 16.6. The maximum Gasteiger partial charge on any atom is 0.348 e. The summed E-state index contributed by atoms with van der Waals surface area (Å²) in [5.74, 6) is -0.534. The first kappa shape index (κ1) is 18.2. The van der Waals surface area contributed by atoms with Crippen molar-refractivity contribution in [2.24, 2.45) is 10.8 Å². The quantitative estimate of drug-likeness (QED) is 0.670. The normalized spacial score (nSPS) is 39.4. The molecule has 0 aromatic carbocycles. The van der Waals surface area contributed by atoms with Crippen LogP contribution in [0.15, 0.2) is 0 Å². The average molecular weight is 364 g/mol. The van der Waals surface area contributed by atoms with Gasteiger partial charge in [0.2, 0.25) is 6.10 Å². The summed E-state index contributed by atoms with van der Waals surface area (Å²) in [5.41, 5.74) is -0.122. The van der Waals surface area contributed by atoms with Gasteiger partial charge in [-0.2, -0.15) is 0 Å². The van der Waals surface area contributed by atoms with Gasteiger partial charge in [-0.1, -0.05) is 0 Å². The molecule has 6 heteroatoms. The van der Waals surface area contributed by atoms with Crippen LogP contribution < -0.4 is 0 Å². The highest BCUT2D eigenvalue weighted by molar-refractivity contribution is 5.80. The molecule has 0 saturated carbocycles. The van der Waals surface area contributed by atoms with Crippen LogP contribution in [0.4, 0.5) is 0 Å². The fraction of sp³-hybridized carbons (Fsp3) is 0.900. The Morgan fingerprint density at radius 2 is 1.38 bits per heavy atom. The Labute approximate surface area is 156 Å². The van der Waals surface area contributed by atoms with E-state index in [4.69, 9.17) is 9.47 Å². The summed E-state index contributed by atoms with van der Waals surface area (Å²) in [5, 5.41) is 0. The average Bonchev–Trinajstić information content (AvgIpc) is 2.68. The molecule has 6 saturated heterocycles. The van der Waals surface area contributed by atoms with Gasteiger partial charge in [-0.25, -0.2) is 4.79 Å². The van der Waals surface area contributed by atoms with Gasteiger partial charge >= 0.3 is 11.9 Å². The van der Waals surface area contributed by atoms with Gasteiger partial charge < -0.3 is 19.3 Å². The summed E-state index contributed by atoms with van der Waals surface area (Å²) in [6, 6.07) is 0. The molecule has 6 nitrogen and oxygen atoms in total. The zero-order valence-electron chi connectivity index (χ0n) is 16.0. The van der Waals surface area contributed by atoms with E-state index in [2.05, 4.69) is 9.80 Å². The largest absolute Gasteiger partial charge is 0.463 e. The molecule has 0 N–H and O–H groups in total. The number of hydrogen-bond donors (Lipinski definition) is 0. The predicted molar refractivity (Wildman–Crippen MR) is 96.6 cm³/mol. The summed E-state index contributed by atoms with van der Waals surface area (Å²) in [6.45, 7) is 8.40. The Morgan fingerprint density at radius 3 is 1.88 bits per heavy atom. The molecule has 1 unspecified atom stereocenters. The standard InChI is InChI=1S/C20H32N2O4/c1-2-25-18(24)17(20-6-12-22(13-7-20)14-8-20)26-16(23)15-19-3-9-21(10-4-19)11-5-19/h17H,2-15H2,1H3. The van der Waals surface area contributed by atoms with Crippen molar-refractivity contribution in [2.75, 3.05) is 45.9 Å². The van der Waals surface area contributed by atoms with Crippen LogP contribution in [0.5, 0.6) is 0 Å². The Bertz CT molecular complexity index is 520. The second kappa shape index (κ2) is 7.12. The van der Waals surface area contributed by atoms with Crippen LogP contribution in [0.3, 0.4) is 0 Å². The van der Waals surface area contributed by atoms with Crippen molar-refractivity contribution in [2.45, 2.75) is 58.0 Å². The molecular formula is C20H32N2O4. The van der Waals surface area contributed by atoms with Crippen molar-refractivity contribution in [1.29, 1.82) is 0 Å². The third kappa shape index (κ3) is 3.38. The number of fused-ring (bicyclic) bond motifs is 6. The number of ether oxygens (including phenoxy) is 2. The molecule has 0 spiro atoms. The molecule has 146 valence electrons. The fourth-order valence-electron chi connectivity index (χ4n) is 5.53. The number of esters is 2. The Balaban J connectivity index is 1.45. The van der Waals surface area contributed by atoms with E-state index in [1.54, 1.807) is 0 Å². The molecule has 4 bridgehead atoms. The zero-order chi connectivity index (χ0) is 18.2. The van der Waals surface area contributed by atoms with Gasteiger partial charge in [-0.15, -0.1) is 0 Å². The fourth-order valence-corrected chi connectivity index (χ4v) is 5.53. The van der Waals surface area contributed by atoms with Crippen LogP contribution >= 0.6 is 0 Å². The lowest BCUT2D eigenvalue weighted by Gasteiger charge is -2.51. The second-order valence-corrected chi connectivity index (χ2v) is 8.84. The molecule has 0 aliphatic carbocycles. The van der Waals surface area contributed by atoms with Crippen LogP contribution in [0.25, 0.3) is 0 Å². The SMILES string of the molecule is CCOC(=O)C(OC(=O)CC12CCN(CC1)CC2)C12CCN(CC1)CC2. The molecule has 1 atom stereocenters. The van der Waals surface area contributed by atoms with E-state index >= 15 is 0 Å². The molecule has 6 rings (SSSR count). The lowest BCUT2D eigenvalue weighted by molar-refractivity contribution is -0.187. The van der Waals surface area contributed by atoms with E-state index in [9.17, 15) is 9.59 Å². The second-order valence-electron chi connectivity index (χ2n) is 8.84. The summed E-state index contributed by atoms with van der Waals surface area (Å²) in [4.78, 5) is 30.5. The van der Waals surface area contributed by atoms with Crippen molar-refractivity contribution in [3.8, 4) is 0 Å². The van der Waals surface area contributed by atoms with Gasteiger partial charge in [-0.3, -0.25) is 4.79 Å². The van der Waals surface area contributed by atoms with Crippen LogP contribution in [0.2, 0.25) is 0 Å². The van der Waals surface area contributed by atoms with Crippen molar-refractivity contribution in [3.63, 3.8) is 0 Å². The Kier molecular flexibility index (Phi) is 4.99. The van der Waals surface area contributed by atoms with Gasteiger partial charge in [0.15, 0.2) is 0 Å². The summed E-state index contributed by atoms with van der Waals surface area (Å²) >= 11 is 0. The van der Waals surface area contributed by atoms with Gasteiger partial charge in [0, 0.05) is 5.41 Å². The van der Waals surface area contributed by atoms with E-state index in [1.165, 1.54) is 0 Å². The number of carbonyl (C=O) groups is 2. The molecule has 0 aromatic heterocycles. The lowest BCUT2D eigenvalue weighted by atomic mass is 9.68. The van der Waals surface area contributed by atoms with Crippen LogP contribution in [0.1, 0.15) is 51.9 Å². The smallest absolute Gasteiger partial charge is 0.348 e. The van der Waals surface area contributed by atoms with Crippen LogP contribution in [-0.2, 0) is 19.1 Å². The first-order valence-electron chi connectivity index (χ1n) is 10.4. The van der Waals surface area contributed by atoms with E-state index in [0.717, 1.165) is 77.8 Å². The van der Waals surface area contributed by atoms with Crippen molar-refractivity contribution >= 4 is 11.9 Å². The van der Waals surface area contributed by atoms with Crippen LogP contribution in [0, 0.1) is 10.8 Å². The molecule has 0 amide bonds. The van der Waals surface area contributed by atoms with Crippen molar-refractivity contribution in [3.05, 3.63) is 0 Å². The summed E-state index contributed by atoms with van der Waals surface area (Å²) in [6.07, 6.45) is 5.72. The van der Waals surface area contributed by atoms with E-state index in [-0.39, 0.29) is 22.8 Å². The highest BCUT2D eigenvalue weighted by Crippen LogP contribution is 2.46. The van der Waals surface area contributed by atoms with E-state index in [0.29, 0.717) is 13.0 Å². The topological polar surface area (TPSA) is 59.1 Å². The molecular weight excluding hydrogens is 332 g/mol.